The van der Waals surface area contributed by atoms with Gasteiger partial charge >= 0.3 is 0 Å². The number of hydrogen-bond donors (Lipinski definition) is 2. The molecule has 21 heavy (non-hydrogen) atoms. The van der Waals surface area contributed by atoms with Crippen molar-refractivity contribution in [3.63, 3.8) is 0 Å². The Kier molecular flexibility index (Phi) is 8.69. The lowest BCUT2D eigenvalue weighted by Gasteiger charge is -2.13. The van der Waals surface area contributed by atoms with Crippen molar-refractivity contribution >= 4 is 11.6 Å². The Balaban J connectivity index is 2.31. The van der Waals surface area contributed by atoms with Crippen LogP contribution in [0.4, 0.5) is 11.6 Å². The Morgan fingerprint density at radius 1 is 0.952 bits per heavy atom. The van der Waals surface area contributed by atoms with E-state index in [-0.39, 0.29) is 0 Å². The van der Waals surface area contributed by atoms with Gasteiger partial charge in [-0.05, 0) is 33.6 Å². The van der Waals surface area contributed by atoms with Gasteiger partial charge < -0.3 is 20.1 Å². The molecule has 1 aromatic rings. The molecule has 1 heterocycles. The zero-order valence-corrected chi connectivity index (χ0v) is 13.7. The minimum atomic E-state index is 0.658. The van der Waals surface area contributed by atoms with E-state index in [2.05, 4.69) is 27.5 Å². The summed E-state index contributed by atoms with van der Waals surface area (Å²) < 4.78 is 10.4. The second-order valence-corrected chi connectivity index (χ2v) is 4.86. The van der Waals surface area contributed by atoms with Crippen molar-refractivity contribution in [3.05, 3.63) is 11.4 Å². The Morgan fingerprint density at radius 3 is 2.33 bits per heavy atom. The van der Waals surface area contributed by atoms with E-state index in [1.165, 1.54) is 0 Å². The summed E-state index contributed by atoms with van der Waals surface area (Å²) >= 11 is 0. The number of hydrogen-bond acceptors (Lipinski definition) is 6. The second-order valence-electron chi connectivity index (χ2n) is 4.86. The van der Waals surface area contributed by atoms with Crippen LogP contribution in [-0.2, 0) is 9.47 Å². The maximum atomic E-state index is 5.43. The van der Waals surface area contributed by atoms with Crippen LogP contribution in [0.25, 0.3) is 0 Å². The van der Waals surface area contributed by atoms with Gasteiger partial charge in [-0.1, -0.05) is 0 Å². The molecule has 120 valence electrons. The van der Waals surface area contributed by atoms with Crippen molar-refractivity contribution in [3.8, 4) is 0 Å². The Labute approximate surface area is 127 Å². The molecule has 6 heteroatoms. The molecule has 6 nitrogen and oxygen atoms in total. The van der Waals surface area contributed by atoms with Crippen LogP contribution in [0, 0.1) is 13.8 Å². The van der Waals surface area contributed by atoms with E-state index in [9.17, 15) is 0 Å². The minimum absolute atomic E-state index is 0.658. The summed E-state index contributed by atoms with van der Waals surface area (Å²) in [5.74, 6) is 2.61. The molecule has 0 aliphatic carbocycles. The largest absolute Gasteiger partial charge is 0.382 e. The second kappa shape index (κ2) is 10.3. The normalized spacial score (nSPS) is 10.7. The van der Waals surface area contributed by atoms with Crippen LogP contribution in [0.5, 0.6) is 0 Å². The molecule has 0 spiro atoms. The fourth-order valence-corrected chi connectivity index (χ4v) is 1.92. The van der Waals surface area contributed by atoms with Crippen LogP contribution in [0.15, 0.2) is 0 Å². The van der Waals surface area contributed by atoms with Gasteiger partial charge in [0, 0.05) is 32.4 Å². The highest BCUT2D eigenvalue weighted by Crippen LogP contribution is 2.19. The molecule has 2 N–H and O–H groups in total. The van der Waals surface area contributed by atoms with E-state index < -0.39 is 0 Å². The Hall–Kier alpha value is -1.40. The van der Waals surface area contributed by atoms with Gasteiger partial charge in [-0.3, -0.25) is 0 Å². The standard InChI is InChI=1S/C15H28N4O2/c1-5-16-14-12(2)15(19-13(3)18-14)17-8-6-7-9-21-11-10-20-4/h5-11H2,1-4H3,(H2,16,17,18,19). The number of nitrogens with zero attached hydrogens (tertiary/aromatic N) is 2. The van der Waals surface area contributed by atoms with E-state index in [1.54, 1.807) is 7.11 Å². The minimum Gasteiger partial charge on any atom is -0.382 e. The maximum Gasteiger partial charge on any atom is 0.134 e. The zero-order valence-electron chi connectivity index (χ0n) is 13.7. The van der Waals surface area contributed by atoms with Crippen molar-refractivity contribution in [1.82, 2.24) is 9.97 Å². The highest BCUT2D eigenvalue weighted by atomic mass is 16.5. The van der Waals surface area contributed by atoms with E-state index >= 15 is 0 Å². The number of aryl methyl sites for hydroxylation is 1. The smallest absolute Gasteiger partial charge is 0.134 e. The van der Waals surface area contributed by atoms with Crippen LogP contribution < -0.4 is 10.6 Å². The van der Waals surface area contributed by atoms with Gasteiger partial charge in [0.2, 0.25) is 0 Å². The summed E-state index contributed by atoms with van der Waals surface area (Å²) in [6.07, 6.45) is 2.08. The maximum absolute atomic E-state index is 5.43. The van der Waals surface area contributed by atoms with Crippen molar-refractivity contribution in [1.29, 1.82) is 0 Å². The van der Waals surface area contributed by atoms with Gasteiger partial charge in [-0.15, -0.1) is 0 Å². The lowest BCUT2D eigenvalue weighted by molar-refractivity contribution is 0.0691. The highest BCUT2D eigenvalue weighted by molar-refractivity contribution is 5.57. The fraction of sp³-hybridized carbons (Fsp3) is 0.733. The molecule has 1 aromatic heterocycles. The number of unbranched alkanes of at least 4 members (excludes halogenated alkanes) is 1. The third-order valence-electron chi connectivity index (χ3n) is 3.04. The summed E-state index contributed by atoms with van der Waals surface area (Å²) in [4.78, 5) is 8.88. The molecule has 0 bridgehead atoms. The predicted octanol–water partition coefficient (Wildman–Crippen LogP) is 2.38. The zero-order chi connectivity index (χ0) is 15.5. The third kappa shape index (κ3) is 6.73. The SMILES string of the molecule is CCNc1nc(C)nc(NCCCCOCCOC)c1C. The van der Waals surface area contributed by atoms with Crippen molar-refractivity contribution < 1.29 is 9.47 Å². The topological polar surface area (TPSA) is 68.3 Å². The number of anilines is 2. The van der Waals surface area contributed by atoms with Gasteiger partial charge in [0.15, 0.2) is 0 Å². The number of methoxy groups -OCH3 is 1. The van der Waals surface area contributed by atoms with E-state index in [1.807, 2.05) is 13.8 Å². The molecule has 0 saturated heterocycles. The van der Waals surface area contributed by atoms with E-state index in [0.29, 0.717) is 13.2 Å². The first-order chi connectivity index (χ1) is 10.2. The number of ether oxygens (including phenoxy) is 2. The molecule has 0 saturated carbocycles. The van der Waals surface area contributed by atoms with Crippen LogP contribution in [-0.4, -0.2) is 50.0 Å². The summed E-state index contributed by atoms with van der Waals surface area (Å²) in [5.41, 5.74) is 1.07. The van der Waals surface area contributed by atoms with Gasteiger partial charge in [0.25, 0.3) is 0 Å². The quantitative estimate of drug-likeness (QED) is 0.611. The van der Waals surface area contributed by atoms with Gasteiger partial charge in [0.1, 0.15) is 17.5 Å². The summed E-state index contributed by atoms with van der Waals surface area (Å²) in [6.45, 7) is 9.85. The van der Waals surface area contributed by atoms with Crippen LogP contribution in [0.2, 0.25) is 0 Å². The molecule has 0 radical (unpaired) electrons. The van der Waals surface area contributed by atoms with E-state index in [0.717, 1.165) is 55.6 Å². The molecule has 0 aliphatic heterocycles. The molecule has 0 amide bonds. The molecule has 1 rings (SSSR count). The van der Waals surface area contributed by atoms with Gasteiger partial charge in [0.05, 0.1) is 13.2 Å². The fourth-order valence-electron chi connectivity index (χ4n) is 1.92. The monoisotopic (exact) mass is 296 g/mol. The van der Waals surface area contributed by atoms with Crippen molar-refractivity contribution in [2.75, 3.05) is 50.7 Å². The number of rotatable bonds is 11. The summed E-state index contributed by atoms with van der Waals surface area (Å²) in [6, 6.07) is 0. The van der Waals surface area contributed by atoms with Crippen LogP contribution in [0.1, 0.15) is 31.2 Å². The van der Waals surface area contributed by atoms with Crippen molar-refractivity contribution in [2.24, 2.45) is 0 Å². The first-order valence-corrected chi connectivity index (χ1v) is 7.58. The lowest BCUT2D eigenvalue weighted by Crippen LogP contribution is -2.11. The molecular formula is C15H28N4O2. The first-order valence-electron chi connectivity index (χ1n) is 7.58. The van der Waals surface area contributed by atoms with Crippen molar-refractivity contribution in [2.45, 2.75) is 33.6 Å². The van der Waals surface area contributed by atoms with E-state index in [4.69, 9.17) is 9.47 Å². The molecule has 0 fully saturated rings. The average molecular weight is 296 g/mol. The Morgan fingerprint density at radius 2 is 1.67 bits per heavy atom. The van der Waals surface area contributed by atoms with Crippen LogP contribution in [0.3, 0.4) is 0 Å². The molecule has 0 atom stereocenters. The molecular weight excluding hydrogens is 268 g/mol. The summed E-state index contributed by atoms with van der Waals surface area (Å²) in [7, 11) is 1.68. The van der Waals surface area contributed by atoms with Crippen LogP contribution >= 0.6 is 0 Å². The number of nitrogens with one attached hydrogen (secondary N) is 2. The van der Waals surface area contributed by atoms with Gasteiger partial charge in [-0.25, -0.2) is 9.97 Å². The number of aromatic nitrogens is 2. The predicted molar refractivity (Wildman–Crippen MR) is 86.1 cm³/mol. The third-order valence-corrected chi connectivity index (χ3v) is 3.04. The molecule has 0 unspecified atom stereocenters. The first kappa shape index (κ1) is 17.7. The summed E-state index contributed by atoms with van der Waals surface area (Å²) in [5, 5.41) is 6.65. The lowest BCUT2D eigenvalue weighted by atomic mass is 10.2. The highest BCUT2D eigenvalue weighted by Gasteiger charge is 2.07. The molecule has 0 aliphatic rings. The Bertz CT molecular complexity index is 413. The average Bonchev–Trinajstić information content (AvgIpc) is 2.46. The molecule has 0 aromatic carbocycles. The van der Waals surface area contributed by atoms with Gasteiger partial charge in [-0.2, -0.15) is 0 Å².